The summed E-state index contributed by atoms with van der Waals surface area (Å²) in [4.78, 5) is 20.9. The number of carbonyl (C=O) groups is 2. The van der Waals surface area contributed by atoms with E-state index in [4.69, 9.17) is 0 Å². The zero-order valence-electron chi connectivity index (χ0n) is 18.5. The summed E-state index contributed by atoms with van der Waals surface area (Å²) in [6.07, 6.45) is 24.3. The maximum atomic E-state index is 10.6. The Labute approximate surface area is 169 Å². The van der Waals surface area contributed by atoms with Crippen LogP contribution in [0.4, 0.5) is 0 Å². The van der Waals surface area contributed by atoms with Gasteiger partial charge in [-0.2, -0.15) is 0 Å². The van der Waals surface area contributed by atoms with Crippen LogP contribution in [0.5, 0.6) is 0 Å². The van der Waals surface area contributed by atoms with Gasteiger partial charge >= 0.3 is 0 Å². The Morgan fingerprint density at radius 2 is 1.30 bits per heavy atom. The van der Waals surface area contributed by atoms with Crippen LogP contribution in [0.25, 0.3) is 0 Å². The molecule has 0 radical (unpaired) electrons. The third kappa shape index (κ3) is 19.6. The van der Waals surface area contributed by atoms with E-state index in [1.165, 1.54) is 83.5 Å². The molecule has 2 nitrogen and oxygen atoms in total. The van der Waals surface area contributed by atoms with Crippen LogP contribution >= 0.6 is 0 Å². The molecule has 0 saturated heterocycles. The van der Waals surface area contributed by atoms with E-state index in [9.17, 15) is 9.59 Å². The first kappa shape index (κ1) is 26.1. The van der Waals surface area contributed by atoms with E-state index >= 15 is 0 Å². The Morgan fingerprint density at radius 1 is 0.704 bits per heavy atom. The molecule has 0 aromatic heterocycles. The lowest BCUT2D eigenvalue weighted by atomic mass is 9.95. The number of hydrogen-bond donors (Lipinski definition) is 0. The molecule has 0 amide bonds. The molecule has 2 heteroatoms. The quantitative estimate of drug-likeness (QED) is 0.123. The standard InChI is InChI=1S/C25H46O2/c1-23(17-14-18-24(2)19-15-20-25(3)22-27)16-12-10-8-6-4-5-7-9-11-13-21-26/h17,21-22,24-25H,4-16,18-20H2,1-3H3. The average Bonchev–Trinajstić information content (AvgIpc) is 2.66. The van der Waals surface area contributed by atoms with Crippen LogP contribution in [0.3, 0.4) is 0 Å². The minimum Gasteiger partial charge on any atom is -0.303 e. The molecule has 0 spiro atoms. The lowest BCUT2D eigenvalue weighted by Crippen LogP contribution is -1.99. The molecule has 27 heavy (non-hydrogen) atoms. The molecule has 2 unspecified atom stereocenters. The van der Waals surface area contributed by atoms with E-state index in [0.29, 0.717) is 0 Å². The van der Waals surface area contributed by atoms with Crippen molar-refractivity contribution in [3.8, 4) is 0 Å². The monoisotopic (exact) mass is 378 g/mol. The van der Waals surface area contributed by atoms with Gasteiger partial charge in [0.15, 0.2) is 0 Å². The van der Waals surface area contributed by atoms with Gasteiger partial charge in [-0.3, -0.25) is 0 Å². The van der Waals surface area contributed by atoms with Gasteiger partial charge in [-0.05, 0) is 51.4 Å². The van der Waals surface area contributed by atoms with Gasteiger partial charge in [0.2, 0.25) is 0 Å². The smallest absolute Gasteiger partial charge is 0.122 e. The van der Waals surface area contributed by atoms with Crippen LogP contribution in [0, 0.1) is 11.8 Å². The average molecular weight is 379 g/mol. The largest absolute Gasteiger partial charge is 0.303 e. The molecule has 2 atom stereocenters. The number of aldehydes is 2. The molecule has 0 N–H and O–H groups in total. The van der Waals surface area contributed by atoms with Gasteiger partial charge in [0.05, 0.1) is 0 Å². The van der Waals surface area contributed by atoms with Crippen LogP contribution in [0.1, 0.15) is 124 Å². The molecule has 0 aliphatic carbocycles. The number of rotatable bonds is 20. The van der Waals surface area contributed by atoms with Crippen molar-refractivity contribution in [1.29, 1.82) is 0 Å². The lowest BCUT2D eigenvalue weighted by molar-refractivity contribution is -0.111. The summed E-state index contributed by atoms with van der Waals surface area (Å²) in [6.45, 7) is 6.65. The Balaban J connectivity index is 3.44. The van der Waals surface area contributed by atoms with E-state index in [1.54, 1.807) is 5.57 Å². The summed E-state index contributed by atoms with van der Waals surface area (Å²) in [7, 11) is 0. The first-order valence-corrected chi connectivity index (χ1v) is 11.6. The topological polar surface area (TPSA) is 34.1 Å². The van der Waals surface area contributed by atoms with E-state index in [2.05, 4.69) is 19.9 Å². The predicted octanol–water partition coefficient (Wildman–Crippen LogP) is 7.84. The van der Waals surface area contributed by atoms with Gasteiger partial charge in [-0.1, -0.05) is 83.3 Å². The fraction of sp³-hybridized carbons (Fsp3) is 0.840. The summed E-state index contributed by atoms with van der Waals surface area (Å²) in [5.41, 5.74) is 1.56. The van der Waals surface area contributed by atoms with Crippen molar-refractivity contribution in [3.63, 3.8) is 0 Å². The van der Waals surface area contributed by atoms with Gasteiger partial charge in [0, 0.05) is 12.3 Å². The van der Waals surface area contributed by atoms with Crippen molar-refractivity contribution in [3.05, 3.63) is 11.6 Å². The third-order valence-electron chi connectivity index (χ3n) is 5.63. The van der Waals surface area contributed by atoms with Crippen LogP contribution in [0.2, 0.25) is 0 Å². The molecule has 0 bridgehead atoms. The summed E-state index contributed by atoms with van der Waals surface area (Å²) < 4.78 is 0. The molecule has 0 aromatic rings. The van der Waals surface area contributed by atoms with Crippen molar-refractivity contribution in [2.75, 3.05) is 0 Å². The number of carbonyl (C=O) groups excluding carboxylic acids is 2. The Bertz CT molecular complexity index is 373. The summed E-state index contributed by atoms with van der Waals surface area (Å²) in [5.74, 6) is 0.999. The van der Waals surface area contributed by atoms with E-state index in [-0.39, 0.29) is 5.92 Å². The number of allylic oxidation sites excluding steroid dienone is 2. The molecular formula is C25H46O2. The highest BCUT2D eigenvalue weighted by atomic mass is 16.1. The van der Waals surface area contributed by atoms with E-state index < -0.39 is 0 Å². The fourth-order valence-corrected chi connectivity index (χ4v) is 3.59. The molecule has 0 saturated carbocycles. The minimum atomic E-state index is 0.229. The second-order valence-electron chi connectivity index (χ2n) is 8.66. The highest BCUT2D eigenvalue weighted by molar-refractivity contribution is 5.52. The fourth-order valence-electron chi connectivity index (χ4n) is 3.59. The number of unbranched alkanes of at least 4 members (excludes halogenated alkanes) is 9. The first-order chi connectivity index (χ1) is 13.1. The van der Waals surface area contributed by atoms with Gasteiger partial charge in [-0.15, -0.1) is 0 Å². The van der Waals surface area contributed by atoms with Gasteiger partial charge in [0.1, 0.15) is 12.6 Å². The zero-order valence-corrected chi connectivity index (χ0v) is 18.5. The summed E-state index contributed by atoms with van der Waals surface area (Å²) >= 11 is 0. The van der Waals surface area contributed by atoms with Crippen molar-refractivity contribution < 1.29 is 9.59 Å². The second kappa shape index (κ2) is 19.8. The van der Waals surface area contributed by atoms with E-state index in [0.717, 1.165) is 37.8 Å². The normalized spacial score (nSPS) is 14.1. The van der Waals surface area contributed by atoms with Crippen molar-refractivity contribution in [1.82, 2.24) is 0 Å². The van der Waals surface area contributed by atoms with Crippen molar-refractivity contribution in [2.24, 2.45) is 11.8 Å². The molecule has 0 fully saturated rings. The molecular weight excluding hydrogens is 332 g/mol. The highest BCUT2D eigenvalue weighted by Crippen LogP contribution is 2.18. The summed E-state index contributed by atoms with van der Waals surface area (Å²) in [5, 5.41) is 0. The molecule has 158 valence electrons. The SMILES string of the molecule is CC(=CCCC(C)CCCC(C)C=O)CCCCCCCCCCCC=O. The molecule has 0 aliphatic rings. The highest BCUT2D eigenvalue weighted by Gasteiger charge is 2.04. The van der Waals surface area contributed by atoms with E-state index in [1.807, 2.05) is 6.92 Å². The van der Waals surface area contributed by atoms with Crippen LogP contribution < -0.4 is 0 Å². The summed E-state index contributed by atoms with van der Waals surface area (Å²) in [6, 6.07) is 0. The molecule has 0 aliphatic heterocycles. The molecule has 0 rings (SSSR count). The maximum absolute atomic E-state index is 10.6. The third-order valence-corrected chi connectivity index (χ3v) is 5.63. The van der Waals surface area contributed by atoms with Crippen LogP contribution in [-0.4, -0.2) is 12.6 Å². The van der Waals surface area contributed by atoms with Gasteiger partial charge in [-0.25, -0.2) is 0 Å². The van der Waals surface area contributed by atoms with Crippen LogP contribution in [0.15, 0.2) is 11.6 Å². The van der Waals surface area contributed by atoms with Gasteiger partial charge < -0.3 is 9.59 Å². The van der Waals surface area contributed by atoms with Crippen molar-refractivity contribution >= 4 is 12.6 Å². The minimum absolute atomic E-state index is 0.229. The predicted molar refractivity (Wildman–Crippen MR) is 118 cm³/mol. The Hall–Kier alpha value is -0.920. The van der Waals surface area contributed by atoms with Crippen LogP contribution in [-0.2, 0) is 9.59 Å². The first-order valence-electron chi connectivity index (χ1n) is 11.6. The van der Waals surface area contributed by atoms with Gasteiger partial charge in [0.25, 0.3) is 0 Å². The Morgan fingerprint density at radius 3 is 1.89 bits per heavy atom. The zero-order chi connectivity index (χ0) is 20.2. The second-order valence-corrected chi connectivity index (χ2v) is 8.66. The molecule has 0 heterocycles. The lowest BCUT2D eigenvalue weighted by Gasteiger charge is -2.11. The van der Waals surface area contributed by atoms with Crippen molar-refractivity contribution in [2.45, 2.75) is 124 Å². The maximum Gasteiger partial charge on any atom is 0.122 e. The molecule has 0 aromatic carbocycles. The Kier molecular flexibility index (Phi) is 19.2. The number of hydrogen-bond acceptors (Lipinski definition) is 2.